The number of nitrogens with zero attached hydrogens (tertiary/aromatic N) is 3. The standard InChI is InChI=1S/C23H27N3O3S2/c1-4-26-20-15-16(2)14-17(3)21(20)30-23(26)24-22(27)18-8-10-19(11-9-18)31(28,29)25-12-6-5-7-13-25/h8-11,14-15H,4-7,12-13H2,1-3H3. The minimum absolute atomic E-state index is 0.225. The molecule has 0 bridgehead atoms. The van der Waals surface area contributed by atoms with E-state index in [-0.39, 0.29) is 10.8 Å². The van der Waals surface area contributed by atoms with E-state index in [1.807, 2.05) is 11.5 Å². The Labute approximate surface area is 186 Å². The number of sulfonamides is 1. The van der Waals surface area contributed by atoms with Crippen LogP contribution in [0.4, 0.5) is 0 Å². The Bertz CT molecular complexity index is 1300. The second kappa shape index (κ2) is 8.68. The number of hydrogen-bond acceptors (Lipinski definition) is 4. The van der Waals surface area contributed by atoms with E-state index >= 15 is 0 Å². The van der Waals surface area contributed by atoms with Gasteiger partial charge in [0, 0.05) is 25.2 Å². The SMILES string of the molecule is CCn1c(=NC(=O)c2ccc(S(=O)(=O)N3CCCCC3)cc2)sc2c(C)cc(C)cc21. The van der Waals surface area contributed by atoms with E-state index in [4.69, 9.17) is 0 Å². The largest absolute Gasteiger partial charge is 0.317 e. The smallest absolute Gasteiger partial charge is 0.279 e. The number of fused-ring (bicyclic) bond motifs is 1. The Morgan fingerprint density at radius 3 is 2.39 bits per heavy atom. The van der Waals surface area contributed by atoms with Gasteiger partial charge in [0.15, 0.2) is 4.80 Å². The molecule has 8 heteroatoms. The first kappa shape index (κ1) is 21.9. The third-order valence-corrected chi connectivity index (χ3v) is 8.82. The fraction of sp³-hybridized carbons (Fsp3) is 0.391. The first-order chi connectivity index (χ1) is 14.8. The predicted molar refractivity (Wildman–Crippen MR) is 124 cm³/mol. The van der Waals surface area contributed by atoms with Gasteiger partial charge >= 0.3 is 0 Å². The van der Waals surface area contributed by atoms with Crippen LogP contribution in [0.15, 0.2) is 46.3 Å². The van der Waals surface area contributed by atoms with Gasteiger partial charge in [-0.1, -0.05) is 23.8 Å². The number of thiazole rings is 1. The minimum atomic E-state index is -3.51. The molecule has 1 saturated heterocycles. The fourth-order valence-corrected chi connectivity index (χ4v) is 6.74. The fourth-order valence-electron chi connectivity index (χ4n) is 4.08. The lowest BCUT2D eigenvalue weighted by Gasteiger charge is -2.25. The lowest BCUT2D eigenvalue weighted by Crippen LogP contribution is -2.35. The molecule has 1 amide bonds. The topological polar surface area (TPSA) is 71.7 Å². The highest BCUT2D eigenvalue weighted by Gasteiger charge is 2.26. The van der Waals surface area contributed by atoms with E-state index < -0.39 is 10.0 Å². The molecule has 1 aromatic heterocycles. The zero-order valence-corrected chi connectivity index (χ0v) is 19.7. The molecule has 2 heterocycles. The quantitative estimate of drug-likeness (QED) is 0.588. The molecule has 31 heavy (non-hydrogen) atoms. The van der Waals surface area contributed by atoms with Gasteiger partial charge in [0.25, 0.3) is 5.91 Å². The first-order valence-corrected chi connectivity index (χ1v) is 12.9. The summed E-state index contributed by atoms with van der Waals surface area (Å²) in [4.78, 5) is 18.1. The molecule has 0 unspecified atom stereocenters. The highest BCUT2D eigenvalue weighted by molar-refractivity contribution is 7.89. The second-order valence-electron chi connectivity index (χ2n) is 7.97. The van der Waals surface area contributed by atoms with Crippen LogP contribution in [0.3, 0.4) is 0 Å². The van der Waals surface area contributed by atoms with Crippen molar-refractivity contribution in [2.24, 2.45) is 4.99 Å². The molecule has 0 aliphatic carbocycles. The van der Waals surface area contributed by atoms with Gasteiger partial charge in [-0.25, -0.2) is 8.42 Å². The molecule has 1 aliphatic rings. The lowest BCUT2D eigenvalue weighted by molar-refractivity contribution is 0.0997. The molecule has 0 spiro atoms. The average Bonchev–Trinajstić information content (AvgIpc) is 3.11. The molecule has 6 nitrogen and oxygen atoms in total. The van der Waals surface area contributed by atoms with Crippen molar-refractivity contribution in [2.45, 2.75) is 51.5 Å². The number of aromatic nitrogens is 1. The van der Waals surface area contributed by atoms with Crippen LogP contribution >= 0.6 is 11.3 Å². The number of benzene rings is 2. The summed E-state index contributed by atoms with van der Waals surface area (Å²) < 4.78 is 30.3. The molecule has 3 aromatic rings. The highest BCUT2D eigenvalue weighted by atomic mass is 32.2. The van der Waals surface area contributed by atoms with Gasteiger partial charge < -0.3 is 4.57 Å². The zero-order chi connectivity index (χ0) is 22.2. The van der Waals surface area contributed by atoms with Gasteiger partial charge in [-0.2, -0.15) is 9.30 Å². The Morgan fingerprint density at radius 1 is 1.06 bits per heavy atom. The van der Waals surface area contributed by atoms with Crippen LogP contribution in [0.2, 0.25) is 0 Å². The van der Waals surface area contributed by atoms with E-state index in [0.717, 1.165) is 29.5 Å². The predicted octanol–water partition coefficient (Wildman–Crippen LogP) is 4.26. The lowest BCUT2D eigenvalue weighted by atomic mass is 10.1. The van der Waals surface area contributed by atoms with Crippen LogP contribution in [0.25, 0.3) is 10.2 Å². The van der Waals surface area contributed by atoms with E-state index in [1.54, 1.807) is 12.1 Å². The van der Waals surface area contributed by atoms with Crippen LogP contribution in [0.5, 0.6) is 0 Å². The minimum Gasteiger partial charge on any atom is -0.317 e. The van der Waals surface area contributed by atoms with Gasteiger partial charge in [-0.05, 0) is 75.1 Å². The number of aryl methyl sites for hydroxylation is 3. The van der Waals surface area contributed by atoms with Crippen molar-refractivity contribution in [2.75, 3.05) is 13.1 Å². The monoisotopic (exact) mass is 457 g/mol. The Balaban J connectivity index is 1.66. The van der Waals surface area contributed by atoms with Crippen LogP contribution < -0.4 is 4.80 Å². The molecule has 164 valence electrons. The van der Waals surface area contributed by atoms with Gasteiger partial charge in [-0.3, -0.25) is 4.79 Å². The van der Waals surface area contributed by atoms with Crippen molar-refractivity contribution in [3.63, 3.8) is 0 Å². The van der Waals surface area contributed by atoms with Gasteiger partial charge in [0.05, 0.1) is 15.1 Å². The number of amides is 1. The number of carbonyl (C=O) groups excluding carboxylic acids is 1. The van der Waals surface area contributed by atoms with Crippen LogP contribution in [0, 0.1) is 13.8 Å². The zero-order valence-electron chi connectivity index (χ0n) is 18.1. The maximum Gasteiger partial charge on any atom is 0.279 e. The summed E-state index contributed by atoms with van der Waals surface area (Å²) in [5.74, 6) is -0.370. The van der Waals surface area contributed by atoms with E-state index in [2.05, 4.69) is 31.0 Å². The van der Waals surface area contributed by atoms with Crippen molar-refractivity contribution >= 4 is 37.5 Å². The molecular weight excluding hydrogens is 430 g/mol. The molecule has 0 atom stereocenters. The molecule has 0 saturated carbocycles. The summed E-state index contributed by atoms with van der Waals surface area (Å²) in [6, 6.07) is 10.4. The first-order valence-electron chi connectivity index (χ1n) is 10.6. The number of hydrogen-bond donors (Lipinski definition) is 0. The van der Waals surface area contributed by atoms with Crippen molar-refractivity contribution in [1.82, 2.24) is 8.87 Å². The molecule has 1 aliphatic heterocycles. The Hall–Kier alpha value is -2.29. The molecule has 4 rings (SSSR count). The Morgan fingerprint density at radius 2 is 1.74 bits per heavy atom. The van der Waals surface area contributed by atoms with Crippen LogP contribution in [0.1, 0.15) is 47.7 Å². The van der Waals surface area contributed by atoms with Crippen molar-refractivity contribution < 1.29 is 13.2 Å². The van der Waals surface area contributed by atoms with Crippen molar-refractivity contribution in [1.29, 1.82) is 0 Å². The van der Waals surface area contributed by atoms with Crippen LogP contribution in [-0.4, -0.2) is 36.3 Å². The third-order valence-electron chi connectivity index (χ3n) is 5.68. The summed E-state index contributed by atoms with van der Waals surface area (Å²) >= 11 is 1.51. The van der Waals surface area contributed by atoms with Crippen LogP contribution in [-0.2, 0) is 16.6 Å². The third kappa shape index (κ3) is 4.24. The van der Waals surface area contributed by atoms with E-state index in [0.29, 0.717) is 30.0 Å². The van der Waals surface area contributed by atoms with Crippen molar-refractivity contribution in [3.05, 3.63) is 57.9 Å². The molecule has 1 fully saturated rings. The van der Waals surface area contributed by atoms with Gasteiger partial charge in [0.1, 0.15) is 0 Å². The summed E-state index contributed by atoms with van der Waals surface area (Å²) in [6.07, 6.45) is 2.84. The number of piperidine rings is 1. The van der Waals surface area contributed by atoms with E-state index in [1.165, 1.54) is 38.9 Å². The average molecular weight is 458 g/mol. The molecule has 0 N–H and O–H groups in total. The van der Waals surface area contributed by atoms with Gasteiger partial charge in [0.2, 0.25) is 10.0 Å². The van der Waals surface area contributed by atoms with E-state index in [9.17, 15) is 13.2 Å². The summed E-state index contributed by atoms with van der Waals surface area (Å²) in [5, 5.41) is 0. The van der Waals surface area contributed by atoms with Gasteiger partial charge in [-0.15, -0.1) is 0 Å². The Kier molecular flexibility index (Phi) is 6.14. The summed E-state index contributed by atoms with van der Waals surface area (Å²) in [5.41, 5.74) is 3.81. The number of rotatable bonds is 4. The molecule has 2 aromatic carbocycles. The highest BCUT2D eigenvalue weighted by Crippen LogP contribution is 2.24. The normalized spacial score (nSPS) is 16.2. The maximum absolute atomic E-state index is 12.8. The summed E-state index contributed by atoms with van der Waals surface area (Å²) in [7, 11) is -3.51. The molecular formula is C23H27N3O3S2. The molecule has 0 radical (unpaired) electrons. The second-order valence-corrected chi connectivity index (χ2v) is 10.9. The number of carbonyl (C=O) groups is 1. The maximum atomic E-state index is 12.8. The summed E-state index contributed by atoms with van der Waals surface area (Å²) in [6.45, 7) is 7.99. The van der Waals surface area contributed by atoms with Crippen molar-refractivity contribution in [3.8, 4) is 0 Å².